The molecule has 2 aromatic rings. The first-order chi connectivity index (χ1) is 9.06. The molecule has 98 valence electrons. The van der Waals surface area contributed by atoms with Crippen molar-refractivity contribution in [3.8, 4) is 11.3 Å². The Morgan fingerprint density at radius 2 is 1.95 bits per heavy atom. The number of rotatable bonds is 4. The summed E-state index contributed by atoms with van der Waals surface area (Å²) in [5.74, 6) is -0.982. The second kappa shape index (κ2) is 5.63. The Hall–Kier alpha value is -2.20. The van der Waals surface area contributed by atoms with E-state index >= 15 is 0 Å². The monoisotopic (exact) mass is 256 g/mol. The van der Waals surface area contributed by atoms with Crippen molar-refractivity contribution < 1.29 is 9.90 Å². The molecule has 4 nitrogen and oxygen atoms in total. The fraction of sp³-hybridized carbons (Fsp3) is 0.200. The average molecular weight is 256 g/mol. The van der Waals surface area contributed by atoms with Gasteiger partial charge in [-0.05, 0) is 31.0 Å². The van der Waals surface area contributed by atoms with Gasteiger partial charge in [0.1, 0.15) is 6.04 Å². The van der Waals surface area contributed by atoms with Crippen LogP contribution < -0.4 is 5.73 Å². The van der Waals surface area contributed by atoms with E-state index in [4.69, 9.17) is 10.8 Å². The van der Waals surface area contributed by atoms with Crippen LogP contribution in [0.25, 0.3) is 11.3 Å². The first-order valence-electron chi connectivity index (χ1n) is 6.07. The van der Waals surface area contributed by atoms with Crippen molar-refractivity contribution in [1.29, 1.82) is 0 Å². The van der Waals surface area contributed by atoms with Crippen LogP contribution in [-0.2, 0) is 11.2 Å². The molecule has 1 atom stereocenters. The Bertz CT molecular complexity index is 579. The Morgan fingerprint density at radius 1 is 1.26 bits per heavy atom. The van der Waals surface area contributed by atoms with Crippen LogP contribution in [0.2, 0.25) is 0 Å². The number of pyridine rings is 1. The minimum absolute atomic E-state index is 0.330. The fourth-order valence-electron chi connectivity index (χ4n) is 1.86. The lowest BCUT2D eigenvalue weighted by molar-refractivity contribution is -0.138. The third-order valence-electron chi connectivity index (χ3n) is 2.91. The van der Waals surface area contributed by atoms with Crippen molar-refractivity contribution in [2.24, 2.45) is 5.73 Å². The van der Waals surface area contributed by atoms with E-state index in [1.165, 1.54) is 0 Å². The predicted molar refractivity (Wildman–Crippen MR) is 73.7 cm³/mol. The fourth-order valence-corrected chi connectivity index (χ4v) is 1.86. The van der Waals surface area contributed by atoms with Gasteiger partial charge in [-0.15, -0.1) is 0 Å². The molecule has 0 fully saturated rings. The van der Waals surface area contributed by atoms with E-state index in [0.717, 1.165) is 22.5 Å². The molecule has 0 bridgehead atoms. The summed E-state index contributed by atoms with van der Waals surface area (Å²) in [6.45, 7) is 1.95. The number of nitrogens with two attached hydrogens (primary N) is 1. The summed E-state index contributed by atoms with van der Waals surface area (Å²) in [6, 6.07) is 12.7. The van der Waals surface area contributed by atoms with E-state index in [0.29, 0.717) is 6.42 Å². The van der Waals surface area contributed by atoms with E-state index in [1.54, 1.807) is 0 Å². The lowest BCUT2D eigenvalue weighted by Crippen LogP contribution is -2.32. The van der Waals surface area contributed by atoms with E-state index in [2.05, 4.69) is 4.98 Å². The molecular formula is C15H16N2O2. The zero-order valence-electron chi connectivity index (χ0n) is 10.7. The largest absolute Gasteiger partial charge is 0.480 e. The van der Waals surface area contributed by atoms with Gasteiger partial charge >= 0.3 is 5.97 Å². The van der Waals surface area contributed by atoms with Gasteiger partial charge in [-0.3, -0.25) is 9.78 Å². The normalized spacial score (nSPS) is 12.1. The molecule has 3 N–H and O–H groups in total. The summed E-state index contributed by atoms with van der Waals surface area (Å²) in [6.07, 6.45) is 0.330. The molecule has 1 aromatic carbocycles. The maximum Gasteiger partial charge on any atom is 0.320 e. The van der Waals surface area contributed by atoms with Gasteiger partial charge in [0.15, 0.2) is 0 Å². The lowest BCUT2D eigenvalue weighted by atomic mass is 10.0. The number of carboxylic acids is 1. The van der Waals surface area contributed by atoms with Crippen LogP contribution in [0, 0.1) is 6.92 Å². The van der Waals surface area contributed by atoms with Crippen molar-refractivity contribution in [3.63, 3.8) is 0 Å². The van der Waals surface area contributed by atoms with Crippen molar-refractivity contribution in [1.82, 2.24) is 4.98 Å². The molecule has 0 amide bonds. The van der Waals surface area contributed by atoms with Crippen LogP contribution in [0.3, 0.4) is 0 Å². The highest BCUT2D eigenvalue weighted by Crippen LogP contribution is 2.18. The molecule has 1 aromatic heterocycles. The van der Waals surface area contributed by atoms with Gasteiger partial charge in [-0.2, -0.15) is 0 Å². The second-order valence-electron chi connectivity index (χ2n) is 4.51. The van der Waals surface area contributed by atoms with Gasteiger partial charge in [-0.1, -0.05) is 30.3 Å². The molecule has 1 heterocycles. The van der Waals surface area contributed by atoms with Crippen molar-refractivity contribution in [2.75, 3.05) is 0 Å². The molecule has 0 radical (unpaired) electrons. The first kappa shape index (κ1) is 13.2. The summed E-state index contributed by atoms with van der Waals surface area (Å²) < 4.78 is 0. The highest BCUT2D eigenvalue weighted by molar-refractivity contribution is 5.73. The summed E-state index contributed by atoms with van der Waals surface area (Å²) in [7, 11) is 0. The van der Waals surface area contributed by atoms with Crippen molar-refractivity contribution >= 4 is 5.97 Å². The lowest BCUT2D eigenvalue weighted by Gasteiger charge is -2.07. The van der Waals surface area contributed by atoms with Crippen LogP contribution in [0.1, 0.15) is 11.3 Å². The van der Waals surface area contributed by atoms with Gasteiger partial charge in [0, 0.05) is 11.3 Å². The third-order valence-corrected chi connectivity index (χ3v) is 2.91. The molecule has 0 saturated carbocycles. The van der Waals surface area contributed by atoms with E-state index in [-0.39, 0.29) is 0 Å². The SMILES string of the molecule is Cc1cccc(-c2ccc(C[C@H](N)C(=O)O)cc2)n1. The average Bonchev–Trinajstić information content (AvgIpc) is 2.39. The van der Waals surface area contributed by atoms with E-state index < -0.39 is 12.0 Å². The van der Waals surface area contributed by atoms with Crippen molar-refractivity contribution in [3.05, 3.63) is 53.7 Å². The number of aliphatic carboxylic acids is 1. The van der Waals surface area contributed by atoms with Gasteiger partial charge in [0.25, 0.3) is 0 Å². The predicted octanol–water partition coefficient (Wildman–Crippen LogP) is 2.01. The minimum atomic E-state index is -0.982. The van der Waals surface area contributed by atoms with Crippen molar-refractivity contribution in [2.45, 2.75) is 19.4 Å². The van der Waals surface area contributed by atoms with E-state index in [1.807, 2.05) is 49.4 Å². The van der Waals surface area contributed by atoms with Gasteiger partial charge in [0.05, 0.1) is 5.69 Å². The van der Waals surface area contributed by atoms with E-state index in [9.17, 15) is 4.79 Å². The number of hydrogen-bond donors (Lipinski definition) is 2. The number of hydrogen-bond acceptors (Lipinski definition) is 3. The molecule has 0 saturated heterocycles. The first-order valence-corrected chi connectivity index (χ1v) is 6.07. The van der Waals surface area contributed by atoms with Gasteiger partial charge in [0.2, 0.25) is 0 Å². The number of nitrogens with zero attached hydrogens (tertiary/aromatic N) is 1. The maximum atomic E-state index is 10.7. The van der Waals surface area contributed by atoms with Gasteiger partial charge < -0.3 is 10.8 Å². The number of benzene rings is 1. The van der Waals surface area contributed by atoms with Gasteiger partial charge in [-0.25, -0.2) is 0 Å². The Kier molecular flexibility index (Phi) is 3.92. The number of carbonyl (C=O) groups is 1. The summed E-state index contributed by atoms with van der Waals surface area (Å²) in [5, 5.41) is 8.77. The Balaban J connectivity index is 2.17. The minimum Gasteiger partial charge on any atom is -0.480 e. The number of carboxylic acid groups (broad SMARTS) is 1. The molecule has 0 spiro atoms. The maximum absolute atomic E-state index is 10.7. The molecular weight excluding hydrogens is 240 g/mol. The van der Waals surface area contributed by atoms with Crippen LogP contribution in [0.4, 0.5) is 0 Å². The molecule has 4 heteroatoms. The summed E-state index contributed by atoms with van der Waals surface area (Å²) >= 11 is 0. The quantitative estimate of drug-likeness (QED) is 0.877. The molecule has 0 aliphatic heterocycles. The molecule has 0 aliphatic rings. The standard InChI is InChI=1S/C15H16N2O2/c1-10-3-2-4-14(17-10)12-7-5-11(6-8-12)9-13(16)15(18)19/h2-8,13H,9,16H2,1H3,(H,18,19)/t13-/m0/s1. The molecule has 2 rings (SSSR count). The summed E-state index contributed by atoms with van der Waals surface area (Å²) in [4.78, 5) is 15.1. The highest BCUT2D eigenvalue weighted by atomic mass is 16.4. The topological polar surface area (TPSA) is 76.2 Å². The van der Waals surface area contributed by atoms with Crippen LogP contribution >= 0.6 is 0 Å². The molecule has 0 aliphatic carbocycles. The molecule has 0 unspecified atom stereocenters. The highest BCUT2D eigenvalue weighted by Gasteiger charge is 2.11. The number of aromatic nitrogens is 1. The Labute approximate surface area is 111 Å². The number of aryl methyl sites for hydroxylation is 1. The smallest absolute Gasteiger partial charge is 0.320 e. The summed E-state index contributed by atoms with van der Waals surface area (Å²) in [5.41, 5.74) is 9.30. The third kappa shape index (κ3) is 3.39. The van der Waals surface area contributed by atoms with Crippen LogP contribution in [0.15, 0.2) is 42.5 Å². The van der Waals surface area contributed by atoms with Crippen LogP contribution in [-0.4, -0.2) is 22.1 Å². The Morgan fingerprint density at radius 3 is 2.53 bits per heavy atom. The second-order valence-corrected chi connectivity index (χ2v) is 4.51. The zero-order chi connectivity index (χ0) is 13.8. The van der Waals surface area contributed by atoms with Crippen LogP contribution in [0.5, 0.6) is 0 Å². The molecule has 19 heavy (non-hydrogen) atoms. The zero-order valence-corrected chi connectivity index (χ0v) is 10.7.